The highest BCUT2D eigenvalue weighted by Gasteiger charge is 2.18. The number of nitrogens with one attached hydrogen (secondary N) is 1. The lowest BCUT2D eigenvalue weighted by atomic mass is 10.1. The van der Waals surface area contributed by atoms with Crippen molar-refractivity contribution in [2.24, 2.45) is 0 Å². The van der Waals surface area contributed by atoms with Gasteiger partial charge in [-0.3, -0.25) is 0 Å². The van der Waals surface area contributed by atoms with Crippen molar-refractivity contribution in [1.29, 1.82) is 0 Å². The van der Waals surface area contributed by atoms with Gasteiger partial charge in [0.1, 0.15) is 5.75 Å². The van der Waals surface area contributed by atoms with Crippen LogP contribution in [-0.2, 0) is 15.8 Å². The summed E-state index contributed by atoms with van der Waals surface area (Å²) in [7, 11) is -1.85. The predicted octanol–water partition coefficient (Wildman–Crippen LogP) is 3.18. The number of aryl methyl sites for hydroxylation is 1. The number of benzene rings is 2. The van der Waals surface area contributed by atoms with Crippen LogP contribution in [0.1, 0.15) is 29.7 Å². The largest absolute Gasteiger partial charge is 0.496 e. The summed E-state index contributed by atoms with van der Waals surface area (Å²) in [6, 6.07) is 14.5. The Hall–Kier alpha value is -1.85. The van der Waals surface area contributed by atoms with Gasteiger partial charge in [-0.2, -0.15) is 0 Å². The molecule has 0 aliphatic carbocycles. The SMILES string of the molecule is COc1ccccc1[C@H](C)NS(=O)(=O)Cc1ccc(C)cc1. The van der Waals surface area contributed by atoms with Crippen LogP contribution in [0.2, 0.25) is 0 Å². The molecule has 0 bridgehead atoms. The summed E-state index contributed by atoms with van der Waals surface area (Å²) in [6.07, 6.45) is 0. The number of rotatable bonds is 6. The summed E-state index contributed by atoms with van der Waals surface area (Å²) < 4.78 is 32.6. The zero-order valence-corrected chi connectivity index (χ0v) is 13.9. The standard InChI is InChI=1S/C17H21NO3S/c1-13-8-10-15(11-9-13)12-22(19,20)18-14(2)16-6-4-5-7-17(16)21-3/h4-11,14,18H,12H2,1-3H3/t14-/m0/s1. The van der Waals surface area contributed by atoms with E-state index in [0.717, 1.165) is 16.7 Å². The van der Waals surface area contributed by atoms with E-state index in [1.807, 2.05) is 62.4 Å². The first kappa shape index (κ1) is 16.5. The Labute approximate surface area is 132 Å². The molecule has 0 unspecified atom stereocenters. The second-order valence-corrected chi connectivity index (χ2v) is 7.08. The van der Waals surface area contributed by atoms with Gasteiger partial charge in [-0.25, -0.2) is 13.1 Å². The Morgan fingerprint density at radius 2 is 1.73 bits per heavy atom. The van der Waals surface area contributed by atoms with Crippen molar-refractivity contribution in [3.05, 3.63) is 65.2 Å². The average Bonchev–Trinajstić information content (AvgIpc) is 2.48. The minimum absolute atomic E-state index is 0.0350. The van der Waals surface area contributed by atoms with Gasteiger partial charge in [-0.05, 0) is 25.5 Å². The van der Waals surface area contributed by atoms with Crippen LogP contribution in [0.3, 0.4) is 0 Å². The van der Waals surface area contributed by atoms with Gasteiger partial charge in [-0.15, -0.1) is 0 Å². The monoisotopic (exact) mass is 319 g/mol. The molecular weight excluding hydrogens is 298 g/mol. The Morgan fingerprint density at radius 1 is 1.09 bits per heavy atom. The van der Waals surface area contributed by atoms with E-state index < -0.39 is 10.0 Å². The fraction of sp³-hybridized carbons (Fsp3) is 0.294. The third-order valence-corrected chi connectivity index (χ3v) is 4.87. The first-order chi connectivity index (χ1) is 10.4. The third-order valence-electron chi connectivity index (χ3n) is 3.44. The number of methoxy groups -OCH3 is 1. The molecule has 0 saturated heterocycles. The van der Waals surface area contributed by atoms with Crippen LogP contribution in [-0.4, -0.2) is 15.5 Å². The molecular formula is C17H21NO3S. The summed E-state index contributed by atoms with van der Waals surface area (Å²) in [5.74, 6) is 0.639. The van der Waals surface area contributed by atoms with Crippen LogP contribution in [0.15, 0.2) is 48.5 Å². The molecule has 0 heterocycles. The quantitative estimate of drug-likeness (QED) is 0.889. The fourth-order valence-electron chi connectivity index (χ4n) is 2.30. The molecule has 0 aliphatic rings. The fourth-order valence-corrected chi connectivity index (χ4v) is 3.68. The Morgan fingerprint density at radius 3 is 2.36 bits per heavy atom. The van der Waals surface area contributed by atoms with Crippen molar-refractivity contribution in [2.45, 2.75) is 25.6 Å². The number of hydrogen-bond acceptors (Lipinski definition) is 3. The minimum Gasteiger partial charge on any atom is -0.496 e. The molecule has 0 saturated carbocycles. The number of ether oxygens (including phenoxy) is 1. The minimum atomic E-state index is -3.43. The highest BCUT2D eigenvalue weighted by atomic mass is 32.2. The second-order valence-electron chi connectivity index (χ2n) is 5.33. The van der Waals surface area contributed by atoms with Crippen molar-refractivity contribution in [3.63, 3.8) is 0 Å². The van der Waals surface area contributed by atoms with Crippen LogP contribution >= 0.6 is 0 Å². The summed E-state index contributed by atoms with van der Waals surface area (Å²) in [5.41, 5.74) is 2.69. The van der Waals surface area contributed by atoms with Crippen molar-refractivity contribution >= 4 is 10.0 Å². The van der Waals surface area contributed by atoms with Crippen molar-refractivity contribution in [2.75, 3.05) is 7.11 Å². The smallest absolute Gasteiger partial charge is 0.216 e. The van der Waals surface area contributed by atoms with Gasteiger partial charge in [0.25, 0.3) is 0 Å². The van der Waals surface area contributed by atoms with Gasteiger partial charge >= 0.3 is 0 Å². The lowest BCUT2D eigenvalue weighted by Crippen LogP contribution is -2.28. The maximum atomic E-state index is 12.3. The van der Waals surface area contributed by atoms with E-state index in [1.165, 1.54) is 0 Å². The maximum absolute atomic E-state index is 12.3. The summed E-state index contributed by atoms with van der Waals surface area (Å²) in [4.78, 5) is 0. The normalized spacial score (nSPS) is 12.9. The van der Waals surface area contributed by atoms with Crippen molar-refractivity contribution in [3.8, 4) is 5.75 Å². The van der Waals surface area contributed by atoms with E-state index in [1.54, 1.807) is 7.11 Å². The molecule has 0 amide bonds. The number of para-hydroxylation sites is 1. The second kappa shape index (κ2) is 6.94. The molecule has 0 spiro atoms. The van der Waals surface area contributed by atoms with Gasteiger partial charge in [0.15, 0.2) is 0 Å². The van der Waals surface area contributed by atoms with Crippen LogP contribution < -0.4 is 9.46 Å². The van der Waals surface area contributed by atoms with E-state index in [2.05, 4.69) is 4.72 Å². The van der Waals surface area contributed by atoms with E-state index >= 15 is 0 Å². The van der Waals surface area contributed by atoms with Crippen molar-refractivity contribution < 1.29 is 13.2 Å². The Balaban J connectivity index is 2.12. The highest BCUT2D eigenvalue weighted by molar-refractivity contribution is 7.88. The molecule has 0 aliphatic heterocycles. The van der Waals surface area contributed by atoms with Crippen LogP contribution in [0.4, 0.5) is 0 Å². The summed E-state index contributed by atoms with van der Waals surface area (Å²) >= 11 is 0. The highest BCUT2D eigenvalue weighted by Crippen LogP contribution is 2.25. The van der Waals surface area contributed by atoms with Gasteiger partial charge in [0.05, 0.1) is 12.9 Å². The van der Waals surface area contributed by atoms with Gasteiger partial charge in [-0.1, -0.05) is 48.0 Å². The third kappa shape index (κ3) is 4.32. The van der Waals surface area contributed by atoms with Crippen LogP contribution in [0.5, 0.6) is 5.75 Å². The summed E-state index contributed by atoms with van der Waals surface area (Å²) in [6.45, 7) is 3.78. The number of sulfonamides is 1. The van der Waals surface area contributed by atoms with Crippen LogP contribution in [0, 0.1) is 6.92 Å². The van der Waals surface area contributed by atoms with Crippen LogP contribution in [0.25, 0.3) is 0 Å². The van der Waals surface area contributed by atoms with Gasteiger partial charge < -0.3 is 4.74 Å². The maximum Gasteiger partial charge on any atom is 0.216 e. The lowest BCUT2D eigenvalue weighted by molar-refractivity contribution is 0.405. The Kier molecular flexibility index (Phi) is 5.21. The van der Waals surface area contributed by atoms with Gasteiger partial charge in [0.2, 0.25) is 10.0 Å². The predicted molar refractivity (Wildman–Crippen MR) is 88.3 cm³/mol. The lowest BCUT2D eigenvalue weighted by Gasteiger charge is -2.17. The zero-order valence-electron chi connectivity index (χ0n) is 13.0. The molecule has 118 valence electrons. The molecule has 0 fully saturated rings. The molecule has 5 heteroatoms. The van der Waals surface area contributed by atoms with E-state index in [0.29, 0.717) is 5.75 Å². The van der Waals surface area contributed by atoms with E-state index in [9.17, 15) is 8.42 Å². The zero-order chi connectivity index (χ0) is 16.2. The molecule has 1 atom stereocenters. The summed E-state index contributed by atoms with van der Waals surface area (Å²) in [5, 5.41) is 0. The molecule has 4 nitrogen and oxygen atoms in total. The van der Waals surface area contributed by atoms with Gasteiger partial charge in [0, 0.05) is 11.6 Å². The molecule has 22 heavy (non-hydrogen) atoms. The molecule has 2 aromatic rings. The van der Waals surface area contributed by atoms with E-state index in [-0.39, 0.29) is 11.8 Å². The first-order valence-corrected chi connectivity index (χ1v) is 8.75. The molecule has 0 aromatic heterocycles. The molecule has 2 aromatic carbocycles. The molecule has 0 radical (unpaired) electrons. The molecule has 1 N–H and O–H groups in total. The topological polar surface area (TPSA) is 55.4 Å². The first-order valence-electron chi connectivity index (χ1n) is 7.10. The Bertz CT molecular complexity index is 724. The van der Waals surface area contributed by atoms with E-state index in [4.69, 9.17) is 4.74 Å². The molecule has 2 rings (SSSR count). The average molecular weight is 319 g/mol. The number of hydrogen-bond donors (Lipinski definition) is 1. The van der Waals surface area contributed by atoms with Crippen molar-refractivity contribution in [1.82, 2.24) is 4.72 Å².